The summed E-state index contributed by atoms with van der Waals surface area (Å²) in [7, 11) is 0. The average molecular weight is 338 g/mol. The SMILES string of the molecule is CC(C)(c1ccccc1)c1ccc(OCCCCCC2CNC2)cc1. The van der Waals surface area contributed by atoms with E-state index >= 15 is 0 Å². The number of nitrogens with one attached hydrogen (secondary N) is 1. The maximum absolute atomic E-state index is 5.91. The predicted molar refractivity (Wildman–Crippen MR) is 105 cm³/mol. The van der Waals surface area contributed by atoms with Gasteiger partial charge >= 0.3 is 0 Å². The number of rotatable bonds is 9. The molecule has 134 valence electrons. The summed E-state index contributed by atoms with van der Waals surface area (Å²) in [6.45, 7) is 7.82. The van der Waals surface area contributed by atoms with Crippen LogP contribution >= 0.6 is 0 Å². The average Bonchev–Trinajstić information content (AvgIpc) is 2.60. The first kappa shape index (κ1) is 18.0. The number of hydrogen-bond acceptors (Lipinski definition) is 2. The molecule has 2 heteroatoms. The number of unbranched alkanes of at least 4 members (excludes halogenated alkanes) is 2. The molecule has 0 bridgehead atoms. The van der Waals surface area contributed by atoms with Gasteiger partial charge in [-0.1, -0.05) is 69.2 Å². The molecule has 0 spiro atoms. The molecule has 25 heavy (non-hydrogen) atoms. The van der Waals surface area contributed by atoms with Crippen molar-refractivity contribution >= 4 is 0 Å². The monoisotopic (exact) mass is 337 g/mol. The molecule has 0 unspecified atom stereocenters. The van der Waals surface area contributed by atoms with Crippen molar-refractivity contribution in [2.24, 2.45) is 5.92 Å². The van der Waals surface area contributed by atoms with Gasteiger partial charge in [-0.05, 0) is 55.1 Å². The highest BCUT2D eigenvalue weighted by Crippen LogP contribution is 2.32. The molecule has 1 saturated heterocycles. The summed E-state index contributed by atoms with van der Waals surface area (Å²) in [6, 6.07) is 19.3. The van der Waals surface area contributed by atoms with Gasteiger partial charge < -0.3 is 10.1 Å². The van der Waals surface area contributed by atoms with E-state index in [1.165, 1.54) is 43.5 Å². The Morgan fingerprint density at radius 3 is 2.20 bits per heavy atom. The summed E-state index contributed by atoms with van der Waals surface area (Å²) in [5.74, 6) is 1.91. The highest BCUT2D eigenvalue weighted by Gasteiger charge is 2.22. The van der Waals surface area contributed by atoms with Crippen LogP contribution in [0.1, 0.15) is 50.7 Å². The van der Waals surface area contributed by atoms with Gasteiger partial charge in [0.2, 0.25) is 0 Å². The largest absolute Gasteiger partial charge is 0.494 e. The third-order valence-electron chi connectivity index (χ3n) is 5.46. The van der Waals surface area contributed by atoms with Crippen LogP contribution < -0.4 is 10.1 Å². The second-order valence-electron chi connectivity index (χ2n) is 7.74. The summed E-state index contributed by atoms with van der Waals surface area (Å²) in [4.78, 5) is 0. The Morgan fingerprint density at radius 1 is 0.880 bits per heavy atom. The Balaban J connectivity index is 1.43. The first-order chi connectivity index (χ1) is 12.2. The Kier molecular flexibility index (Phi) is 6.14. The minimum Gasteiger partial charge on any atom is -0.494 e. The normalized spacial score (nSPS) is 15.0. The molecule has 0 radical (unpaired) electrons. The van der Waals surface area contributed by atoms with Crippen molar-refractivity contribution in [2.45, 2.75) is 44.9 Å². The molecule has 1 fully saturated rings. The van der Waals surface area contributed by atoms with Crippen LogP contribution in [0.4, 0.5) is 0 Å². The number of benzene rings is 2. The minimum atomic E-state index is 0.0101. The summed E-state index contributed by atoms with van der Waals surface area (Å²) < 4.78 is 5.91. The van der Waals surface area contributed by atoms with E-state index in [-0.39, 0.29) is 5.41 Å². The molecule has 1 N–H and O–H groups in total. The molecule has 0 saturated carbocycles. The molecule has 1 aliphatic heterocycles. The second-order valence-corrected chi connectivity index (χ2v) is 7.74. The predicted octanol–water partition coefficient (Wildman–Crippen LogP) is 5.17. The van der Waals surface area contributed by atoms with Gasteiger partial charge in [-0.3, -0.25) is 0 Å². The summed E-state index contributed by atoms with van der Waals surface area (Å²) in [6.07, 6.45) is 5.13. The Morgan fingerprint density at radius 2 is 1.56 bits per heavy atom. The van der Waals surface area contributed by atoms with Gasteiger partial charge in [0, 0.05) is 5.41 Å². The first-order valence-electron chi connectivity index (χ1n) is 9.66. The van der Waals surface area contributed by atoms with Crippen molar-refractivity contribution in [1.82, 2.24) is 5.32 Å². The Bertz CT molecular complexity index is 629. The van der Waals surface area contributed by atoms with Crippen LogP contribution in [0.25, 0.3) is 0 Å². The molecular formula is C23H31NO. The van der Waals surface area contributed by atoms with Gasteiger partial charge in [-0.2, -0.15) is 0 Å². The van der Waals surface area contributed by atoms with E-state index in [1.807, 2.05) is 0 Å². The third kappa shape index (κ3) is 4.85. The summed E-state index contributed by atoms with van der Waals surface area (Å²) in [5, 5.41) is 3.34. The van der Waals surface area contributed by atoms with Crippen LogP contribution in [-0.4, -0.2) is 19.7 Å². The van der Waals surface area contributed by atoms with Crippen LogP contribution in [0.3, 0.4) is 0 Å². The van der Waals surface area contributed by atoms with Crippen LogP contribution in [0, 0.1) is 5.92 Å². The molecule has 2 nitrogen and oxygen atoms in total. The maximum Gasteiger partial charge on any atom is 0.119 e. The molecule has 0 atom stereocenters. The van der Waals surface area contributed by atoms with Crippen LogP contribution in [0.2, 0.25) is 0 Å². The smallest absolute Gasteiger partial charge is 0.119 e. The summed E-state index contributed by atoms with van der Waals surface area (Å²) in [5.41, 5.74) is 2.67. The van der Waals surface area contributed by atoms with E-state index in [1.54, 1.807) is 0 Å². The molecule has 2 aromatic rings. The van der Waals surface area contributed by atoms with Gasteiger partial charge in [-0.25, -0.2) is 0 Å². The van der Waals surface area contributed by atoms with Gasteiger partial charge in [-0.15, -0.1) is 0 Å². The zero-order valence-corrected chi connectivity index (χ0v) is 15.6. The molecule has 1 heterocycles. The van der Waals surface area contributed by atoms with Crippen molar-refractivity contribution in [1.29, 1.82) is 0 Å². The van der Waals surface area contributed by atoms with E-state index in [4.69, 9.17) is 4.74 Å². The lowest BCUT2D eigenvalue weighted by Crippen LogP contribution is -2.41. The Labute approximate surface area is 152 Å². The third-order valence-corrected chi connectivity index (χ3v) is 5.46. The lowest BCUT2D eigenvalue weighted by molar-refractivity contribution is 0.288. The number of hydrogen-bond donors (Lipinski definition) is 1. The molecular weight excluding hydrogens is 306 g/mol. The molecule has 0 aliphatic carbocycles. The molecule has 0 amide bonds. The van der Waals surface area contributed by atoms with Crippen LogP contribution in [0.5, 0.6) is 5.75 Å². The number of ether oxygens (including phenoxy) is 1. The van der Waals surface area contributed by atoms with E-state index in [2.05, 4.69) is 73.8 Å². The minimum absolute atomic E-state index is 0.0101. The highest BCUT2D eigenvalue weighted by atomic mass is 16.5. The maximum atomic E-state index is 5.91. The molecule has 3 rings (SSSR count). The van der Waals surface area contributed by atoms with Crippen molar-refractivity contribution in [3.05, 3.63) is 65.7 Å². The fraction of sp³-hybridized carbons (Fsp3) is 0.478. The van der Waals surface area contributed by atoms with Crippen LogP contribution in [-0.2, 0) is 5.41 Å². The summed E-state index contributed by atoms with van der Waals surface area (Å²) >= 11 is 0. The Hall–Kier alpha value is -1.80. The van der Waals surface area contributed by atoms with Crippen molar-refractivity contribution in [2.75, 3.05) is 19.7 Å². The van der Waals surface area contributed by atoms with Gasteiger partial charge in [0.05, 0.1) is 6.61 Å². The van der Waals surface area contributed by atoms with E-state index in [0.717, 1.165) is 24.7 Å². The molecule has 0 aromatic heterocycles. The van der Waals surface area contributed by atoms with Gasteiger partial charge in [0.15, 0.2) is 0 Å². The fourth-order valence-electron chi connectivity index (χ4n) is 3.44. The van der Waals surface area contributed by atoms with E-state index in [0.29, 0.717) is 0 Å². The second kappa shape index (κ2) is 8.53. The molecule has 2 aromatic carbocycles. The van der Waals surface area contributed by atoms with Crippen molar-refractivity contribution in [3.8, 4) is 5.75 Å². The molecule has 1 aliphatic rings. The first-order valence-corrected chi connectivity index (χ1v) is 9.66. The van der Waals surface area contributed by atoms with Crippen LogP contribution in [0.15, 0.2) is 54.6 Å². The zero-order valence-electron chi connectivity index (χ0n) is 15.6. The topological polar surface area (TPSA) is 21.3 Å². The van der Waals surface area contributed by atoms with E-state index in [9.17, 15) is 0 Å². The standard InChI is InChI=1S/C23H31NO/c1-23(2,20-10-6-3-7-11-20)21-12-14-22(15-13-21)25-16-8-4-5-9-19-17-24-18-19/h3,6-7,10-15,19,24H,4-5,8-9,16-18H2,1-2H3. The highest BCUT2D eigenvalue weighted by molar-refractivity contribution is 5.39. The van der Waals surface area contributed by atoms with Gasteiger partial charge in [0.25, 0.3) is 0 Å². The quantitative estimate of drug-likeness (QED) is 0.637. The lowest BCUT2D eigenvalue weighted by Gasteiger charge is -2.26. The zero-order chi connectivity index (χ0) is 17.5. The van der Waals surface area contributed by atoms with Crippen molar-refractivity contribution < 1.29 is 4.74 Å². The van der Waals surface area contributed by atoms with Gasteiger partial charge in [0.1, 0.15) is 5.75 Å². The fourth-order valence-corrected chi connectivity index (χ4v) is 3.44. The van der Waals surface area contributed by atoms with Crippen molar-refractivity contribution in [3.63, 3.8) is 0 Å². The lowest BCUT2D eigenvalue weighted by atomic mass is 9.78. The van der Waals surface area contributed by atoms with E-state index < -0.39 is 0 Å².